The molecule has 0 saturated carbocycles. The van der Waals surface area contributed by atoms with Crippen LogP contribution in [0.2, 0.25) is 4.78 Å². The number of halogens is 2. The molecular weight excluding hydrogens is 158 g/mol. The minimum atomic E-state index is 0. The maximum absolute atomic E-state index is 2.81. The van der Waals surface area contributed by atoms with Crippen LogP contribution in [0.4, 0.5) is 0 Å². The standard InChI is InChI=1S/C5H11.Al.2ClH/c1-3-5-4-2;;;/h5H,3-4H2,1-2H3;;2*1H/q;+2;;/p-2. The summed E-state index contributed by atoms with van der Waals surface area (Å²) in [6.07, 6.45) is 2.59. The van der Waals surface area contributed by atoms with Gasteiger partial charge in [-0.15, -0.1) is 0 Å². The van der Waals surface area contributed by atoms with Crippen molar-refractivity contribution >= 4 is 16.3 Å². The molecule has 0 aliphatic carbocycles. The molecule has 0 aromatic carbocycles. The van der Waals surface area contributed by atoms with Crippen LogP contribution in [0.25, 0.3) is 0 Å². The van der Waals surface area contributed by atoms with Gasteiger partial charge in [-0.25, -0.2) is 0 Å². The van der Waals surface area contributed by atoms with Gasteiger partial charge in [-0.2, -0.15) is 0 Å². The predicted molar refractivity (Wildman–Crippen MR) is 30.1 cm³/mol. The topological polar surface area (TPSA) is 0 Å². The summed E-state index contributed by atoms with van der Waals surface area (Å²) in [6, 6.07) is 0. The van der Waals surface area contributed by atoms with E-state index < -0.39 is 0 Å². The van der Waals surface area contributed by atoms with Gasteiger partial charge in [0.15, 0.2) is 0 Å². The molecule has 48 valence electrons. The van der Waals surface area contributed by atoms with Gasteiger partial charge in [0.1, 0.15) is 0 Å². The SMILES string of the molecule is CC[CH]([Al+2])CC.[Cl-].[Cl-]. The molecule has 0 heterocycles. The maximum atomic E-state index is 2.81. The van der Waals surface area contributed by atoms with Crippen molar-refractivity contribution in [3.05, 3.63) is 0 Å². The van der Waals surface area contributed by atoms with Crippen molar-refractivity contribution in [3.63, 3.8) is 0 Å². The predicted octanol–water partition coefficient (Wildman–Crippen LogP) is -4.23. The first-order valence-corrected chi connectivity index (χ1v) is 3.23. The zero-order valence-corrected chi connectivity index (χ0v) is 7.99. The van der Waals surface area contributed by atoms with Gasteiger partial charge in [0.25, 0.3) is 0 Å². The van der Waals surface area contributed by atoms with E-state index in [1.54, 1.807) is 0 Å². The quantitative estimate of drug-likeness (QED) is 0.367. The Morgan fingerprint density at radius 2 is 1.38 bits per heavy atom. The average Bonchev–Trinajstić information content (AvgIpc) is 1.65. The van der Waals surface area contributed by atoms with Gasteiger partial charge in [0, 0.05) is 0 Å². The number of hydrogen-bond donors (Lipinski definition) is 0. The first-order valence-electron chi connectivity index (χ1n) is 2.56. The average molecular weight is 169 g/mol. The van der Waals surface area contributed by atoms with Gasteiger partial charge in [-0.3, -0.25) is 0 Å². The molecule has 0 saturated heterocycles. The van der Waals surface area contributed by atoms with Crippen molar-refractivity contribution < 1.29 is 24.8 Å². The fraction of sp³-hybridized carbons (Fsp3) is 1.00. The Bertz CT molecular complexity index is 29.6. The fourth-order valence-corrected chi connectivity index (χ4v) is 0.289. The molecule has 0 fully saturated rings. The van der Waals surface area contributed by atoms with E-state index >= 15 is 0 Å². The largest absolute Gasteiger partial charge is 1.00 e. The van der Waals surface area contributed by atoms with E-state index in [2.05, 4.69) is 30.1 Å². The maximum Gasteiger partial charge on any atom is -1.00 e. The first-order chi connectivity index (χ1) is 2.81. The van der Waals surface area contributed by atoms with E-state index in [4.69, 9.17) is 0 Å². The zero-order valence-electron chi connectivity index (χ0n) is 5.32. The fourth-order valence-electron chi connectivity index (χ4n) is 0.289. The van der Waals surface area contributed by atoms with Crippen molar-refractivity contribution in [2.75, 3.05) is 0 Å². The molecule has 0 bridgehead atoms. The Morgan fingerprint density at radius 1 is 1.12 bits per heavy atom. The second kappa shape index (κ2) is 11.0. The van der Waals surface area contributed by atoms with Crippen LogP contribution in [-0.2, 0) is 0 Å². The smallest absolute Gasteiger partial charge is 1.00 e. The summed E-state index contributed by atoms with van der Waals surface area (Å²) < 4.78 is 0.852. The van der Waals surface area contributed by atoms with Crippen molar-refractivity contribution in [3.8, 4) is 0 Å². The van der Waals surface area contributed by atoms with Crippen molar-refractivity contribution in [1.29, 1.82) is 0 Å². The van der Waals surface area contributed by atoms with Gasteiger partial charge in [-0.1, -0.05) is 0 Å². The molecule has 8 heavy (non-hydrogen) atoms. The molecule has 0 N–H and O–H groups in total. The second-order valence-corrected chi connectivity index (χ2v) is 2.52. The minimum absolute atomic E-state index is 0. The molecule has 0 aromatic heterocycles. The molecule has 0 radical (unpaired) electrons. The molecule has 0 spiro atoms. The van der Waals surface area contributed by atoms with E-state index in [1.807, 2.05) is 0 Å². The molecular formula is C5H11AlCl2. The normalized spacial score (nSPS) is 7.62. The number of hydrogen-bond acceptors (Lipinski definition) is 0. The minimum Gasteiger partial charge on any atom is -1.00 e. The van der Waals surface area contributed by atoms with Crippen molar-refractivity contribution in [1.82, 2.24) is 0 Å². The van der Waals surface area contributed by atoms with E-state index in [0.717, 1.165) is 4.78 Å². The van der Waals surface area contributed by atoms with Crippen LogP contribution >= 0.6 is 0 Å². The van der Waals surface area contributed by atoms with Crippen molar-refractivity contribution in [2.45, 2.75) is 31.5 Å². The third-order valence-electron chi connectivity index (χ3n) is 1.05. The zero-order chi connectivity index (χ0) is 4.99. The van der Waals surface area contributed by atoms with E-state index in [-0.39, 0.29) is 24.8 Å². The Balaban J connectivity index is -0.000000125. The summed E-state index contributed by atoms with van der Waals surface area (Å²) in [4.78, 5) is 0. The van der Waals surface area contributed by atoms with Crippen LogP contribution in [0.15, 0.2) is 0 Å². The van der Waals surface area contributed by atoms with Crippen LogP contribution < -0.4 is 24.8 Å². The van der Waals surface area contributed by atoms with Crippen LogP contribution in [-0.4, -0.2) is 16.3 Å². The summed E-state index contributed by atoms with van der Waals surface area (Å²) in [7, 11) is 0. The van der Waals surface area contributed by atoms with Gasteiger partial charge >= 0.3 is 47.8 Å². The third kappa shape index (κ3) is 10.2. The Morgan fingerprint density at radius 3 is 1.38 bits per heavy atom. The first kappa shape index (κ1) is 16.1. The Hall–Kier alpha value is 1.11. The molecule has 0 unspecified atom stereocenters. The summed E-state index contributed by atoms with van der Waals surface area (Å²) in [5.74, 6) is 0. The van der Waals surface area contributed by atoms with Crippen LogP contribution in [0.1, 0.15) is 26.7 Å². The Kier molecular flexibility index (Phi) is 22.0. The molecule has 0 amide bonds. The van der Waals surface area contributed by atoms with Crippen LogP contribution in [0, 0.1) is 0 Å². The number of rotatable bonds is 2. The third-order valence-corrected chi connectivity index (χ3v) is 1.99. The molecule has 0 aliphatic rings. The summed E-state index contributed by atoms with van der Waals surface area (Å²) in [6.45, 7) is 4.42. The summed E-state index contributed by atoms with van der Waals surface area (Å²) in [5.41, 5.74) is 0. The van der Waals surface area contributed by atoms with Gasteiger partial charge < -0.3 is 24.8 Å². The monoisotopic (exact) mass is 168 g/mol. The summed E-state index contributed by atoms with van der Waals surface area (Å²) in [5, 5.41) is 0. The molecule has 0 aromatic rings. The molecule has 3 heteroatoms. The molecule has 0 atom stereocenters. The van der Waals surface area contributed by atoms with E-state index in [0.29, 0.717) is 0 Å². The van der Waals surface area contributed by atoms with Gasteiger partial charge in [0.2, 0.25) is 0 Å². The second-order valence-electron chi connectivity index (χ2n) is 1.58. The van der Waals surface area contributed by atoms with Crippen molar-refractivity contribution in [2.24, 2.45) is 0 Å². The molecule has 0 aliphatic heterocycles. The van der Waals surface area contributed by atoms with Crippen LogP contribution in [0.5, 0.6) is 0 Å². The summed E-state index contributed by atoms with van der Waals surface area (Å²) >= 11 is 2.81. The molecule has 0 rings (SSSR count). The van der Waals surface area contributed by atoms with Gasteiger partial charge in [0.05, 0.1) is 0 Å². The Labute approximate surface area is 72.7 Å². The van der Waals surface area contributed by atoms with E-state index in [9.17, 15) is 0 Å². The molecule has 0 nitrogen and oxygen atoms in total. The van der Waals surface area contributed by atoms with E-state index in [1.165, 1.54) is 12.8 Å². The van der Waals surface area contributed by atoms with Crippen LogP contribution in [0.3, 0.4) is 0 Å². The van der Waals surface area contributed by atoms with Gasteiger partial charge in [-0.05, 0) is 0 Å².